The fourth-order valence-corrected chi connectivity index (χ4v) is 3.05. The zero-order chi connectivity index (χ0) is 14.4. The van der Waals surface area contributed by atoms with Crippen LogP contribution in [0.2, 0.25) is 0 Å². The molecule has 106 valence electrons. The van der Waals surface area contributed by atoms with E-state index in [1.807, 2.05) is 12.1 Å². The Kier molecular flexibility index (Phi) is 3.54. The molecule has 0 radical (unpaired) electrons. The minimum absolute atomic E-state index is 0.191. The van der Waals surface area contributed by atoms with Gasteiger partial charge in [0.25, 0.3) is 0 Å². The van der Waals surface area contributed by atoms with Crippen molar-refractivity contribution in [3.05, 3.63) is 29.3 Å². The van der Waals surface area contributed by atoms with Crippen molar-refractivity contribution in [2.24, 2.45) is 5.41 Å². The molecule has 0 N–H and O–H groups in total. The standard InChI is InChI=1S/C16H24O2S/c1-11(16(2,3)4)14-9-8-13(19(5,17)18)10-15(14)12-6-7-12/h8-12H,6-7H2,1-5H3/t11-/m0/s1. The van der Waals surface area contributed by atoms with Crippen molar-refractivity contribution in [1.29, 1.82) is 0 Å². The molecule has 1 aromatic rings. The van der Waals surface area contributed by atoms with Crippen LogP contribution in [0.25, 0.3) is 0 Å². The minimum atomic E-state index is -3.11. The van der Waals surface area contributed by atoms with Crippen molar-refractivity contribution in [3.63, 3.8) is 0 Å². The minimum Gasteiger partial charge on any atom is -0.224 e. The summed E-state index contributed by atoms with van der Waals surface area (Å²) in [6.07, 6.45) is 3.67. The van der Waals surface area contributed by atoms with Gasteiger partial charge in [-0.15, -0.1) is 0 Å². The SMILES string of the molecule is C[C@@H](c1ccc(S(C)(=O)=O)cc1C1CC1)C(C)(C)C. The Morgan fingerprint density at radius 2 is 1.79 bits per heavy atom. The van der Waals surface area contributed by atoms with E-state index >= 15 is 0 Å². The highest BCUT2D eigenvalue weighted by Gasteiger charge is 2.31. The number of sulfone groups is 1. The molecule has 0 unspecified atom stereocenters. The Labute approximate surface area is 117 Å². The van der Waals surface area contributed by atoms with Crippen molar-refractivity contribution in [2.45, 2.75) is 57.3 Å². The van der Waals surface area contributed by atoms with E-state index in [0.29, 0.717) is 16.7 Å². The Morgan fingerprint density at radius 3 is 2.21 bits per heavy atom. The number of rotatable bonds is 3. The monoisotopic (exact) mass is 280 g/mol. The smallest absolute Gasteiger partial charge is 0.175 e. The van der Waals surface area contributed by atoms with Gasteiger partial charge in [-0.1, -0.05) is 33.8 Å². The molecule has 0 aliphatic heterocycles. The van der Waals surface area contributed by atoms with E-state index in [9.17, 15) is 8.42 Å². The summed E-state index contributed by atoms with van der Waals surface area (Å²) in [6, 6.07) is 5.70. The highest BCUT2D eigenvalue weighted by atomic mass is 32.2. The average Bonchev–Trinajstić information content (AvgIpc) is 3.08. The molecular formula is C16H24O2S. The molecule has 1 aromatic carbocycles. The predicted octanol–water partition coefficient (Wildman–Crippen LogP) is 4.12. The van der Waals surface area contributed by atoms with Crippen LogP contribution in [0.4, 0.5) is 0 Å². The number of benzene rings is 1. The summed E-state index contributed by atoms with van der Waals surface area (Å²) in [5.74, 6) is 0.998. The molecule has 19 heavy (non-hydrogen) atoms. The van der Waals surface area contributed by atoms with Gasteiger partial charge >= 0.3 is 0 Å². The lowest BCUT2D eigenvalue weighted by Gasteiger charge is -2.29. The molecule has 0 saturated heterocycles. The van der Waals surface area contributed by atoms with Crippen molar-refractivity contribution in [2.75, 3.05) is 6.26 Å². The van der Waals surface area contributed by atoms with Gasteiger partial charge in [0, 0.05) is 6.26 Å². The Bertz CT molecular complexity index is 575. The fraction of sp³-hybridized carbons (Fsp3) is 0.625. The van der Waals surface area contributed by atoms with Crippen LogP contribution < -0.4 is 0 Å². The second-order valence-corrected chi connectivity index (χ2v) is 8.94. The molecule has 2 rings (SSSR count). The zero-order valence-corrected chi connectivity index (χ0v) is 13.3. The lowest BCUT2D eigenvalue weighted by atomic mass is 9.76. The van der Waals surface area contributed by atoms with Gasteiger partial charge in [0.15, 0.2) is 9.84 Å². The molecule has 0 aromatic heterocycles. The predicted molar refractivity (Wildman–Crippen MR) is 79.4 cm³/mol. The molecule has 1 fully saturated rings. The number of hydrogen-bond acceptors (Lipinski definition) is 2. The Balaban J connectivity index is 2.51. The summed E-state index contributed by atoms with van der Waals surface area (Å²) in [5.41, 5.74) is 2.77. The maximum Gasteiger partial charge on any atom is 0.175 e. The van der Waals surface area contributed by atoms with Gasteiger partial charge in [0.05, 0.1) is 4.90 Å². The first-order valence-corrected chi connectivity index (χ1v) is 8.84. The third-order valence-corrected chi connectivity index (χ3v) is 5.38. The summed E-state index contributed by atoms with van der Waals surface area (Å²) >= 11 is 0. The van der Waals surface area contributed by atoms with Crippen LogP contribution in [-0.4, -0.2) is 14.7 Å². The molecule has 0 bridgehead atoms. The third kappa shape index (κ3) is 3.19. The molecule has 1 atom stereocenters. The van der Waals surface area contributed by atoms with Crippen LogP contribution in [0.15, 0.2) is 23.1 Å². The third-order valence-electron chi connectivity index (χ3n) is 4.27. The van der Waals surface area contributed by atoms with Gasteiger partial charge in [-0.25, -0.2) is 8.42 Å². The quantitative estimate of drug-likeness (QED) is 0.834. The molecule has 2 nitrogen and oxygen atoms in total. The first-order valence-electron chi connectivity index (χ1n) is 6.94. The molecule has 0 heterocycles. The lowest BCUT2D eigenvalue weighted by molar-refractivity contribution is 0.338. The van der Waals surface area contributed by atoms with Gasteiger partial charge in [-0.05, 0) is 53.4 Å². The second-order valence-electron chi connectivity index (χ2n) is 6.92. The number of hydrogen-bond donors (Lipinski definition) is 0. The molecule has 1 aliphatic rings. The summed E-state index contributed by atoms with van der Waals surface area (Å²) in [5, 5.41) is 0. The Hall–Kier alpha value is -0.830. The molecule has 3 heteroatoms. The molecular weight excluding hydrogens is 256 g/mol. The summed E-state index contributed by atoms with van der Waals surface area (Å²) in [4.78, 5) is 0.458. The van der Waals surface area contributed by atoms with Crippen LogP contribution in [0.3, 0.4) is 0 Å². The zero-order valence-electron chi connectivity index (χ0n) is 12.5. The van der Waals surface area contributed by atoms with E-state index in [0.717, 1.165) is 0 Å². The van der Waals surface area contributed by atoms with Gasteiger partial charge in [0.2, 0.25) is 0 Å². The van der Waals surface area contributed by atoms with Gasteiger partial charge in [-0.3, -0.25) is 0 Å². The Morgan fingerprint density at radius 1 is 1.21 bits per heavy atom. The first-order chi connectivity index (χ1) is 8.60. The van der Waals surface area contributed by atoms with E-state index in [1.54, 1.807) is 6.07 Å². The second kappa shape index (κ2) is 4.62. The highest BCUT2D eigenvalue weighted by Crippen LogP contribution is 2.46. The molecule has 1 aliphatic carbocycles. The van der Waals surface area contributed by atoms with Crippen molar-refractivity contribution < 1.29 is 8.42 Å². The normalized spacial score (nSPS) is 18.4. The van der Waals surface area contributed by atoms with Gasteiger partial charge < -0.3 is 0 Å². The lowest BCUT2D eigenvalue weighted by Crippen LogP contribution is -2.17. The first kappa shape index (κ1) is 14.6. The maximum absolute atomic E-state index is 11.7. The summed E-state index contributed by atoms with van der Waals surface area (Å²) < 4.78 is 23.4. The molecule has 1 saturated carbocycles. The largest absolute Gasteiger partial charge is 0.224 e. The van der Waals surface area contributed by atoms with Crippen LogP contribution >= 0.6 is 0 Å². The van der Waals surface area contributed by atoms with Crippen LogP contribution in [0.1, 0.15) is 63.5 Å². The van der Waals surface area contributed by atoms with E-state index < -0.39 is 9.84 Å². The van der Waals surface area contributed by atoms with E-state index in [4.69, 9.17) is 0 Å². The molecule has 0 amide bonds. The van der Waals surface area contributed by atoms with E-state index in [1.165, 1.54) is 30.2 Å². The van der Waals surface area contributed by atoms with E-state index in [-0.39, 0.29) is 5.41 Å². The van der Waals surface area contributed by atoms with Gasteiger partial charge in [-0.2, -0.15) is 0 Å². The van der Waals surface area contributed by atoms with Crippen LogP contribution in [0, 0.1) is 5.41 Å². The topological polar surface area (TPSA) is 34.1 Å². The summed E-state index contributed by atoms with van der Waals surface area (Å²) in [7, 11) is -3.11. The van der Waals surface area contributed by atoms with Crippen molar-refractivity contribution in [1.82, 2.24) is 0 Å². The van der Waals surface area contributed by atoms with Gasteiger partial charge in [0.1, 0.15) is 0 Å². The maximum atomic E-state index is 11.7. The molecule has 0 spiro atoms. The summed E-state index contributed by atoms with van der Waals surface area (Å²) in [6.45, 7) is 8.94. The fourth-order valence-electron chi connectivity index (χ4n) is 2.39. The van der Waals surface area contributed by atoms with E-state index in [2.05, 4.69) is 27.7 Å². The van der Waals surface area contributed by atoms with Crippen LogP contribution in [-0.2, 0) is 9.84 Å². The highest BCUT2D eigenvalue weighted by molar-refractivity contribution is 7.90. The average molecular weight is 280 g/mol. The van der Waals surface area contributed by atoms with Crippen LogP contribution in [0.5, 0.6) is 0 Å². The van der Waals surface area contributed by atoms with Crippen molar-refractivity contribution >= 4 is 9.84 Å². The van der Waals surface area contributed by atoms with Crippen molar-refractivity contribution in [3.8, 4) is 0 Å².